The molecule has 1 aliphatic rings. The first-order chi connectivity index (χ1) is 10.6. The predicted molar refractivity (Wildman–Crippen MR) is 88.3 cm³/mol. The van der Waals surface area contributed by atoms with Crippen LogP contribution < -0.4 is 11.1 Å². The largest absolute Gasteiger partial charge is 0.383 e. The van der Waals surface area contributed by atoms with E-state index in [2.05, 4.69) is 34.1 Å². The fourth-order valence-electron chi connectivity index (χ4n) is 2.67. The molecule has 0 aromatic carbocycles. The van der Waals surface area contributed by atoms with Gasteiger partial charge in [-0.05, 0) is 26.5 Å². The minimum absolute atomic E-state index is 0.0734. The van der Waals surface area contributed by atoms with Crippen LogP contribution in [0.2, 0.25) is 0 Å². The number of pyridine rings is 1. The van der Waals surface area contributed by atoms with E-state index in [0.29, 0.717) is 24.8 Å². The highest BCUT2D eigenvalue weighted by atomic mass is 16.1. The highest BCUT2D eigenvalue weighted by Gasteiger charge is 2.19. The standard InChI is InChI=1S/C16H27N5O/c1-13(21-10-8-20(2)9-11-21)5-6-15(22)19-12-14-4-3-7-18-16(14)17/h3-4,7,13H,5-6,8-12H2,1-2H3,(H2,17,18)(H,19,22). The van der Waals surface area contributed by atoms with E-state index >= 15 is 0 Å². The number of hydrogen-bond donors (Lipinski definition) is 2. The van der Waals surface area contributed by atoms with Gasteiger partial charge in [-0.25, -0.2) is 4.98 Å². The Hall–Kier alpha value is -1.66. The van der Waals surface area contributed by atoms with Gasteiger partial charge < -0.3 is 16.0 Å². The van der Waals surface area contributed by atoms with Gasteiger partial charge >= 0.3 is 0 Å². The number of rotatable bonds is 6. The number of nitrogens with zero attached hydrogens (tertiary/aromatic N) is 3. The maximum atomic E-state index is 12.0. The van der Waals surface area contributed by atoms with Crippen molar-refractivity contribution in [2.24, 2.45) is 0 Å². The number of piperazine rings is 1. The van der Waals surface area contributed by atoms with Crippen LogP contribution in [0.4, 0.5) is 5.82 Å². The summed E-state index contributed by atoms with van der Waals surface area (Å²) in [5.74, 6) is 0.554. The smallest absolute Gasteiger partial charge is 0.220 e. The molecule has 1 fully saturated rings. The number of nitrogens with one attached hydrogen (secondary N) is 1. The van der Waals surface area contributed by atoms with Crippen molar-refractivity contribution in [1.29, 1.82) is 0 Å². The first-order valence-corrected chi connectivity index (χ1v) is 7.95. The minimum Gasteiger partial charge on any atom is -0.383 e. The third-order valence-electron chi connectivity index (χ3n) is 4.35. The fraction of sp³-hybridized carbons (Fsp3) is 0.625. The summed E-state index contributed by atoms with van der Waals surface area (Å²) >= 11 is 0. The number of aromatic nitrogens is 1. The Morgan fingerprint density at radius 3 is 2.82 bits per heavy atom. The van der Waals surface area contributed by atoms with Gasteiger partial charge in [0.15, 0.2) is 0 Å². The summed E-state index contributed by atoms with van der Waals surface area (Å²) in [6.07, 6.45) is 3.09. The monoisotopic (exact) mass is 305 g/mol. The molecule has 1 aliphatic heterocycles. The fourth-order valence-corrected chi connectivity index (χ4v) is 2.67. The van der Waals surface area contributed by atoms with Gasteiger partial charge in [0.05, 0.1) is 0 Å². The number of carbonyl (C=O) groups is 1. The van der Waals surface area contributed by atoms with E-state index in [-0.39, 0.29) is 5.91 Å². The van der Waals surface area contributed by atoms with Gasteiger partial charge in [-0.1, -0.05) is 6.07 Å². The van der Waals surface area contributed by atoms with E-state index in [4.69, 9.17) is 5.73 Å². The molecule has 0 radical (unpaired) electrons. The lowest BCUT2D eigenvalue weighted by molar-refractivity contribution is -0.121. The van der Waals surface area contributed by atoms with Crippen LogP contribution in [0.15, 0.2) is 18.3 Å². The summed E-state index contributed by atoms with van der Waals surface area (Å²) in [5.41, 5.74) is 6.63. The van der Waals surface area contributed by atoms with Crippen molar-refractivity contribution in [2.45, 2.75) is 32.4 Å². The lowest BCUT2D eigenvalue weighted by Gasteiger charge is -2.36. The Morgan fingerprint density at radius 1 is 1.41 bits per heavy atom. The second-order valence-corrected chi connectivity index (χ2v) is 6.05. The second kappa shape index (κ2) is 8.10. The minimum atomic E-state index is 0.0734. The topological polar surface area (TPSA) is 74.5 Å². The third-order valence-corrected chi connectivity index (χ3v) is 4.35. The lowest BCUT2D eigenvalue weighted by Crippen LogP contribution is -2.48. The van der Waals surface area contributed by atoms with Crippen LogP contribution in [0.1, 0.15) is 25.3 Å². The van der Waals surface area contributed by atoms with Crippen molar-refractivity contribution in [3.63, 3.8) is 0 Å². The van der Waals surface area contributed by atoms with Crippen molar-refractivity contribution < 1.29 is 4.79 Å². The van der Waals surface area contributed by atoms with E-state index in [9.17, 15) is 4.79 Å². The summed E-state index contributed by atoms with van der Waals surface area (Å²) in [6, 6.07) is 4.16. The maximum absolute atomic E-state index is 12.0. The van der Waals surface area contributed by atoms with E-state index in [1.165, 1.54) is 0 Å². The molecule has 122 valence electrons. The Balaban J connectivity index is 1.68. The molecule has 0 bridgehead atoms. The number of carbonyl (C=O) groups excluding carboxylic acids is 1. The summed E-state index contributed by atoms with van der Waals surface area (Å²) in [4.78, 5) is 20.8. The molecule has 6 heteroatoms. The molecule has 1 unspecified atom stereocenters. The van der Waals surface area contributed by atoms with Crippen LogP contribution >= 0.6 is 0 Å². The van der Waals surface area contributed by atoms with Crippen molar-refractivity contribution in [3.8, 4) is 0 Å². The molecular weight excluding hydrogens is 278 g/mol. The summed E-state index contributed by atoms with van der Waals surface area (Å²) < 4.78 is 0. The Bertz CT molecular complexity index is 485. The number of hydrogen-bond acceptors (Lipinski definition) is 5. The van der Waals surface area contributed by atoms with Crippen LogP contribution in [0.25, 0.3) is 0 Å². The Morgan fingerprint density at radius 2 is 2.14 bits per heavy atom. The number of amides is 1. The van der Waals surface area contributed by atoms with Crippen molar-refractivity contribution in [3.05, 3.63) is 23.9 Å². The molecule has 22 heavy (non-hydrogen) atoms. The van der Waals surface area contributed by atoms with E-state index in [1.54, 1.807) is 6.20 Å². The van der Waals surface area contributed by atoms with Gasteiger partial charge in [-0.3, -0.25) is 9.69 Å². The van der Waals surface area contributed by atoms with Gasteiger partial charge in [0.1, 0.15) is 5.82 Å². The molecule has 2 rings (SSSR count). The summed E-state index contributed by atoms with van der Waals surface area (Å²) in [6.45, 7) is 7.05. The molecule has 1 atom stereocenters. The highest BCUT2D eigenvalue weighted by molar-refractivity contribution is 5.76. The summed E-state index contributed by atoms with van der Waals surface area (Å²) in [7, 11) is 2.15. The normalized spacial score (nSPS) is 18.1. The maximum Gasteiger partial charge on any atom is 0.220 e. The number of nitrogen functional groups attached to an aromatic ring is 1. The molecular formula is C16H27N5O. The Labute approximate surface area is 132 Å². The molecule has 1 saturated heterocycles. The van der Waals surface area contributed by atoms with E-state index in [1.807, 2.05) is 12.1 Å². The number of anilines is 1. The second-order valence-electron chi connectivity index (χ2n) is 6.05. The lowest BCUT2D eigenvalue weighted by atomic mass is 10.1. The molecule has 1 aromatic rings. The van der Waals surface area contributed by atoms with Gasteiger partial charge in [-0.15, -0.1) is 0 Å². The first-order valence-electron chi connectivity index (χ1n) is 7.95. The number of nitrogens with two attached hydrogens (primary N) is 1. The number of likely N-dealkylation sites (N-methyl/N-ethyl adjacent to an activating group) is 1. The molecule has 2 heterocycles. The van der Waals surface area contributed by atoms with Crippen molar-refractivity contribution in [1.82, 2.24) is 20.1 Å². The third kappa shape index (κ3) is 4.96. The molecule has 0 aliphatic carbocycles. The van der Waals surface area contributed by atoms with Crippen molar-refractivity contribution >= 4 is 11.7 Å². The van der Waals surface area contributed by atoms with E-state index in [0.717, 1.165) is 38.2 Å². The molecule has 6 nitrogen and oxygen atoms in total. The zero-order chi connectivity index (χ0) is 15.9. The molecule has 1 aromatic heterocycles. The molecule has 0 spiro atoms. The van der Waals surface area contributed by atoms with Crippen LogP contribution in [-0.4, -0.2) is 60.0 Å². The molecule has 3 N–H and O–H groups in total. The molecule has 1 amide bonds. The quantitative estimate of drug-likeness (QED) is 0.809. The SMILES string of the molecule is CC(CCC(=O)NCc1cccnc1N)N1CCN(C)CC1. The highest BCUT2D eigenvalue weighted by Crippen LogP contribution is 2.10. The summed E-state index contributed by atoms with van der Waals surface area (Å²) in [5, 5.41) is 2.92. The first kappa shape index (κ1) is 16.7. The average Bonchev–Trinajstić information content (AvgIpc) is 2.52. The zero-order valence-corrected chi connectivity index (χ0v) is 13.6. The Kier molecular flexibility index (Phi) is 6.15. The average molecular weight is 305 g/mol. The van der Waals surface area contributed by atoms with Crippen LogP contribution in [0.3, 0.4) is 0 Å². The van der Waals surface area contributed by atoms with Crippen LogP contribution in [0, 0.1) is 0 Å². The van der Waals surface area contributed by atoms with Gasteiger partial charge in [0.2, 0.25) is 5.91 Å². The van der Waals surface area contributed by atoms with Gasteiger partial charge in [0.25, 0.3) is 0 Å². The predicted octanol–water partition coefficient (Wildman–Crippen LogP) is 0.696. The van der Waals surface area contributed by atoms with Crippen LogP contribution in [0.5, 0.6) is 0 Å². The van der Waals surface area contributed by atoms with Crippen molar-refractivity contribution in [2.75, 3.05) is 39.0 Å². The van der Waals surface area contributed by atoms with Gasteiger partial charge in [0, 0.05) is 56.9 Å². The zero-order valence-electron chi connectivity index (χ0n) is 13.6. The van der Waals surface area contributed by atoms with Crippen LogP contribution in [-0.2, 0) is 11.3 Å². The van der Waals surface area contributed by atoms with E-state index < -0.39 is 0 Å². The molecule has 0 saturated carbocycles. The van der Waals surface area contributed by atoms with Gasteiger partial charge in [-0.2, -0.15) is 0 Å².